The van der Waals surface area contributed by atoms with Crippen molar-refractivity contribution in [3.63, 3.8) is 0 Å². The number of anilines is 1. The van der Waals surface area contributed by atoms with E-state index >= 15 is 0 Å². The molecule has 202 valence electrons. The van der Waals surface area contributed by atoms with Crippen molar-refractivity contribution < 1.29 is 23.2 Å². The topological polar surface area (TPSA) is 149 Å². The van der Waals surface area contributed by atoms with Gasteiger partial charge in [-0.3, -0.25) is 9.59 Å². The minimum Gasteiger partial charge on any atom is -0.493 e. The molecule has 0 unspecified atom stereocenters. The molecule has 2 aromatic heterocycles. The van der Waals surface area contributed by atoms with Gasteiger partial charge in [-0.15, -0.1) is 0 Å². The second kappa shape index (κ2) is 12.9. The van der Waals surface area contributed by atoms with Gasteiger partial charge in [0.2, 0.25) is 23.6 Å². The van der Waals surface area contributed by atoms with Gasteiger partial charge in [-0.2, -0.15) is 4.98 Å². The first-order valence-corrected chi connectivity index (χ1v) is 12.8. The predicted molar refractivity (Wildman–Crippen MR) is 137 cm³/mol. The average molecular weight is 526 g/mol. The molecule has 2 amide bonds. The molecule has 1 aliphatic heterocycles. The van der Waals surface area contributed by atoms with Crippen molar-refractivity contribution in [3.8, 4) is 17.1 Å². The predicted octanol–water partition coefficient (Wildman–Crippen LogP) is 2.91. The molecule has 1 aromatic carbocycles. The first kappa shape index (κ1) is 27.0. The summed E-state index contributed by atoms with van der Waals surface area (Å²) in [5.74, 6) is 0.622. The number of hydrogen-bond donors (Lipinski definition) is 2. The summed E-state index contributed by atoms with van der Waals surface area (Å²) in [6, 6.07) is 4.04. The largest absolute Gasteiger partial charge is 0.493 e. The van der Waals surface area contributed by atoms with Crippen LogP contribution in [0.1, 0.15) is 55.3 Å². The van der Waals surface area contributed by atoms with Gasteiger partial charge in [-0.1, -0.05) is 12.1 Å². The molecule has 1 fully saturated rings. The monoisotopic (exact) mass is 525 g/mol. The summed E-state index contributed by atoms with van der Waals surface area (Å²) in [4.78, 5) is 38.2. The highest BCUT2D eigenvalue weighted by Crippen LogP contribution is 2.25. The Hall–Kier alpha value is -4.09. The fourth-order valence-corrected chi connectivity index (χ4v) is 4.30. The van der Waals surface area contributed by atoms with E-state index in [0.29, 0.717) is 35.9 Å². The highest BCUT2D eigenvalue weighted by molar-refractivity contribution is 5.96. The summed E-state index contributed by atoms with van der Waals surface area (Å²) < 4.78 is 25.2. The highest BCUT2D eigenvalue weighted by Gasteiger charge is 2.21. The number of nitrogens with two attached hydrogens (primary N) is 1. The van der Waals surface area contributed by atoms with Gasteiger partial charge in [-0.05, 0) is 50.2 Å². The summed E-state index contributed by atoms with van der Waals surface area (Å²) in [5.41, 5.74) is 5.55. The van der Waals surface area contributed by atoms with Gasteiger partial charge in [0.05, 0.1) is 24.3 Å². The van der Waals surface area contributed by atoms with E-state index in [-0.39, 0.29) is 12.1 Å². The van der Waals surface area contributed by atoms with Crippen LogP contribution >= 0.6 is 0 Å². The van der Waals surface area contributed by atoms with Crippen molar-refractivity contribution in [2.75, 3.05) is 31.1 Å². The van der Waals surface area contributed by atoms with Crippen molar-refractivity contribution in [2.24, 2.45) is 11.7 Å². The summed E-state index contributed by atoms with van der Waals surface area (Å²) in [7, 11) is 0. The first-order valence-electron chi connectivity index (χ1n) is 12.8. The molecule has 4 rings (SSSR count). The molecule has 0 radical (unpaired) electrons. The lowest BCUT2D eigenvalue weighted by atomic mass is 9.92. The van der Waals surface area contributed by atoms with Crippen LogP contribution in [0.5, 0.6) is 5.75 Å². The number of aromatic nitrogens is 4. The zero-order valence-corrected chi connectivity index (χ0v) is 21.4. The van der Waals surface area contributed by atoms with E-state index in [9.17, 15) is 14.0 Å². The lowest BCUT2D eigenvalue weighted by molar-refractivity contribution is -0.117. The second-order valence-electron chi connectivity index (χ2n) is 9.25. The number of piperidine rings is 1. The standard InChI is InChI=1S/C26H32FN7O4/c1-2-4-23-32-24(33-38-23)18-14-30-26(31-15-18)34-10-8-17(9-11-34)5-3-12-37-19-6-7-20(21(27)13-19)25(36)29-16-22(28)35/h6-7,13-15,17H,2-5,8-12,16H2,1H3,(H2,28,35)(H,29,36). The van der Waals surface area contributed by atoms with E-state index in [1.165, 1.54) is 18.2 Å². The van der Waals surface area contributed by atoms with Crippen molar-refractivity contribution >= 4 is 17.8 Å². The maximum Gasteiger partial charge on any atom is 0.254 e. The Kier molecular flexibility index (Phi) is 9.17. The first-order chi connectivity index (χ1) is 18.4. The maximum absolute atomic E-state index is 14.3. The van der Waals surface area contributed by atoms with E-state index in [1.807, 2.05) is 0 Å². The molecule has 0 atom stereocenters. The Morgan fingerprint density at radius 1 is 1.24 bits per heavy atom. The summed E-state index contributed by atoms with van der Waals surface area (Å²) >= 11 is 0. The number of nitrogens with zero attached hydrogens (tertiary/aromatic N) is 5. The number of rotatable bonds is 12. The summed E-state index contributed by atoms with van der Waals surface area (Å²) in [6.07, 6.45) is 9.05. The lowest BCUT2D eigenvalue weighted by Gasteiger charge is -2.32. The second-order valence-corrected chi connectivity index (χ2v) is 9.25. The molecule has 0 saturated carbocycles. The Labute approximate surface area is 220 Å². The number of benzene rings is 1. The lowest BCUT2D eigenvalue weighted by Crippen LogP contribution is -2.34. The van der Waals surface area contributed by atoms with Crippen molar-refractivity contribution in [1.82, 2.24) is 25.4 Å². The highest BCUT2D eigenvalue weighted by atomic mass is 19.1. The number of hydrogen-bond acceptors (Lipinski definition) is 9. The molecular formula is C26H32FN7O4. The fraction of sp³-hybridized carbons (Fsp3) is 0.462. The van der Waals surface area contributed by atoms with Crippen LogP contribution in [0.4, 0.5) is 10.3 Å². The Bertz CT molecular complexity index is 1230. The minimum absolute atomic E-state index is 0.167. The van der Waals surface area contributed by atoms with E-state index in [2.05, 4.69) is 37.2 Å². The maximum atomic E-state index is 14.3. The van der Waals surface area contributed by atoms with Crippen molar-refractivity contribution in [2.45, 2.75) is 45.4 Å². The van der Waals surface area contributed by atoms with Gasteiger partial charge >= 0.3 is 0 Å². The zero-order chi connectivity index (χ0) is 26.9. The van der Waals surface area contributed by atoms with Crippen LogP contribution in [0.25, 0.3) is 11.4 Å². The molecule has 38 heavy (non-hydrogen) atoms. The Balaban J connectivity index is 1.17. The van der Waals surface area contributed by atoms with E-state index < -0.39 is 17.6 Å². The molecule has 3 N–H and O–H groups in total. The number of primary amides is 1. The van der Waals surface area contributed by atoms with E-state index in [0.717, 1.165) is 57.2 Å². The molecular weight excluding hydrogens is 493 g/mol. The minimum atomic E-state index is -0.717. The van der Waals surface area contributed by atoms with Gasteiger partial charge in [0.25, 0.3) is 5.91 Å². The number of carbonyl (C=O) groups excluding carboxylic acids is 2. The smallest absolute Gasteiger partial charge is 0.254 e. The van der Waals surface area contributed by atoms with Gasteiger partial charge < -0.3 is 25.2 Å². The SMILES string of the molecule is CCCc1nc(-c2cnc(N3CCC(CCCOc4ccc(C(=O)NCC(N)=O)c(F)c4)CC3)nc2)no1. The molecule has 1 aliphatic rings. The van der Waals surface area contributed by atoms with Crippen molar-refractivity contribution in [3.05, 3.63) is 47.9 Å². The van der Waals surface area contributed by atoms with Gasteiger partial charge in [0, 0.05) is 38.0 Å². The normalized spacial score (nSPS) is 13.9. The molecule has 1 saturated heterocycles. The van der Waals surface area contributed by atoms with E-state index in [1.54, 1.807) is 12.4 Å². The molecule has 12 heteroatoms. The third-order valence-electron chi connectivity index (χ3n) is 6.36. The quantitative estimate of drug-likeness (QED) is 0.340. The fourth-order valence-electron chi connectivity index (χ4n) is 4.30. The number of carbonyl (C=O) groups is 2. The summed E-state index contributed by atoms with van der Waals surface area (Å²) in [5, 5.41) is 6.26. The van der Waals surface area contributed by atoms with Crippen LogP contribution in [0, 0.1) is 11.7 Å². The van der Waals surface area contributed by atoms with Crippen LogP contribution < -0.4 is 20.7 Å². The number of nitrogens with one attached hydrogen (secondary N) is 1. The number of ether oxygens (including phenoxy) is 1. The van der Waals surface area contributed by atoms with E-state index in [4.69, 9.17) is 15.0 Å². The van der Waals surface area contributed by atoms with Gasteiger partial charge in [0.1, 0.15) is 11.6 Å². The number of aryl methyl sites for hydroxylation is 1. The van der Waals surface area contributed by atoms with Crippen LogP contribution in [-0.2, 0) is 11.2 Å². The molecule has 3 heterocycles. The van der Waals surface area contributed by atoms with Crippen LogP contribution in [0.3, 0.4) is 0 Å². The van der Waals surface area contributed by atoms with Crippen LogP contribution in [0.2, 0.25) is 0 Å². The van der Waals surface area contributed by atoms with Crippen LogP contribution in [0.15, 0.2) is 35.1 Å². The third-order valence-corrected chi connectivity index (χ3v) is 6.36. The number of halogens is 1. The van der Waals surface area contributed by atoms with Crippen LogP contribution in [-0.4, -0.2) is 58.2 Å². The Morgan fingerprint density at radius 3 is 2.68 bits per heavy atom. The Morgan fingerprint density at radius 2 is 2.00 bits per heavy atom. The third kappa shape index (κ3) is 7.24. The van der Waals surface area contributed by atoms with Crippen molar-refractivity contribution in [1.29, 1.82) is 0 Å². The zero-order valence-electron chi connectivity index (χ0n) is 21.4. The average Bonchev–Trinajstić information content (AvgIpc) is 3.39. The molecule has 0 aliphatic carbocycles. The van der Waals surface area contributed by atoms with Gasteiger partial charge in [0.15, 0.2) is 0 Å². The summed E-state index contributed by atoms with van der Waals surface area (Å²) in [6.45, 7) is 3.91. The molecule has 0 spiro atoms. The number of amides is 2. The van der Waals surface area contributed by atoms with Gasteiger partial charge in [-0.25, -0.2) is 14.4 Å². The molecule has 3 aromatic rings. The molecule has 0 bridgehead atoms. The molecule has 11 nitrogen and oxygen atoms in total.